The van der Waals surface area contributed by atoms with E-state index >= 15 is 0 Å². The molecule has 3 aromatic rings. The fraction of sp³-hybridized carbons (Fsp3) is 0.391. The minimum Gasteiger partial charge on any atom is -0.487 e. The normalized spacial score (nSPS) is 14.9. The first kappa shape index (κ1) is 21.0. The standard InChI is InChI=1S/C23H26FN5O2/c1-5-6-15-9-20(29(4)28-15)23(30)26-12-16-10-18-19(24)8-7-17(22(18)31-16)21-14(3)25-11-13(2)27-21/h7-9,11,16H,5-6,10,12H2,1-4H3,(H,26,30)/t16-/m1/s1. The number of aryl methyl sites for hydroxylation is 4. The average molecular weight is 423 g/mol. The highest BCUT2D eigenvalue weighted by Crippen LogP contribution is 2.40. The molecule has 0 unspecified atom stereocenters. The molecule has 1 aromatic carbocycles. The predicted molar refractivity (Wildman–Crippen MR) is 115 cm³/mol. The number of hydrogen-bond acceptors (Lipinski definition) is 5. The van der Waals surface area contributed by atoms with Crippen molar-refractivity contribution in [3.8, 4) is 17.0 Å². The molecule has 0 spiro atoms. The number of carbonyl (C=O) groups is 1. The third-order valence-corrected chi connectivity index (χ3v) is 5.41. The first-order valence-corrected chi connectivity index (χ1v) is 10.5. The van der Waals surface area contributed by atoms with Gasteiger partial charge in [-0.3, -0.25) is 14.5 Å². The largest absolute Gasteiger partial charge is 0.487 e. The van der Waals surface area contributed by atoms with Crippen LogP contribution in [0.2, 0.25) is 0 Å². The summed E-state index contributed by atoms with van der Waals surface area (Å²) in [6.07, 6.45) is 3.50. The monoisotopic (exact) mass is 423 g/mol. The van der Waals surface area contributed by atoms with E-state index in [1.54, 1.807) is 30.1 Å². The zero-order valence-corrected chi connectivity index (χ0v) is 18.2. The lowest BCUT2D eigenvalue weighted by Gasteiger charge is -2.14. The van der Waals surface area contributed by atoms with Gasteiger partial charge in [-0.15, -0.1) is 0 Å². The van der Waals surface area contributed by atoms with Crippen LogP contribution >= 0.6 is 0 Å². The Morgan fingerprint density at radius 3 is 2.94 bits per heavy atom. The Labute approximate surface area is 180 Å². The minimum atomic E-state index is -0.365. The van der Waals surface area contributed by atoms with Gasteiger partial charge in [0.05, 0.1) is 29.3 Å². The molecule has 162 valence electrons. The second kappa shape index (κ2) is 8.45. The van der Waals surface area contributed by atoms with Gasteiger partial charge in [0.15, 0.2) is 0 Å². The van der Waals surface area contributed by atoms with Gasteiger partial charge in [-0.25, -0.2) is 9.37 Å². The molecule has 0 aliphatic carbocycles. The number of nitrogens with zero attached hydrogens (tertiary/aromatic N) is 4. The molecule has 7 nitrogen and oxygen atoms in total. The number of amides is 1. The Hall–Kier alpha value is -3.29. The summed E-state index contributed by atoms with van der Waals surface area (Å²) < 4.78 is 22.2. The average Bonchev–Trinajstić information content (AvgIpc) is 3.33. The number of rotatable bonds is 6. The summed E-state index contributed by atoms with van der Waals surface area (Å²) in [7, 11) is 1.75. The van der Waals surface area contributed by atoms with E-state index in [2.05, 4.69) is 27.3 Å². The van der Waals surface area contributed by atoms with Gasteiger partial charge in [-0.05, 0) is 38.5 Å². The van der Waals surface area contributed by atoms with Crippen LogP contribution in [0.3, 0.4) is 0 Å². The van der Waals surface area contributed by atoms with Crippen LogP contribution in [-0.4, -0.2) is 38.3 Å². The molecule has 0 bridgehead atoms. The number of ether oxygens (including phenoxy) is 1. The van der Waals surface area contributed by atoms with Gasteiger partial charge < -0.3 is 10.1 Å². The summed E-state index contributed by atoms with van der Waals surface area (Å²) in [5.74, 6) is -0.0623. The lowest BCUT2D eigenvalue weighted by Crippen LogP contribution is -2.35. The van der Waals surface area contributed by atoms with Gasteiger partial charge in [-0.1, -0.05) is 13.3 Å². The van der Waals surface area contributed by atoms with Gasteiger partial charge in [-0.2, -0.15) is 5.10 Å². The zero-order chi connectivity index (χ0) is 22.1. The molecule has 1 atom stereocenters. The highest BCUT2D eigenvalue weighted by atomic mass is 19.1. The Kier molecular flexibility index (Phi) is 5.71. The number of fused-ring (bicyclic) bond motifs is 1. The first-order valence-electron chi connectivity index (χ1n) is 10.5. The van der Waals surface area contributed by atoms with E-state index < -0.39 is 0 Å². The maximum absolute atomic E-state index is 14.5. The number of carbonyl (C=O) groups excluding carboxylic acids is 1. The van der Waals surface area contributed by atoms with E-state index in [-0.39, 0.29) is 24.4 Å². The summed E-state index contributed by atoms with van der Waals surface area (Å²) in [6, 6.07) is 4.92. The quantitative estimate of drug-likeness (QED) is 0.658. The van der Waals surface area contributed by atoms with Gasteiger partial charge in [0.2, 0.25) is 0 Å². The highest BCUT2D eigenvalue weighted by Gasteiger charge is 2.30. The molecule has 8 heteroatoms. The number of halogens is 1. The summed E-state index contributed by atoms with van der Waals surface area (Å²) in [5, 5.41) is 7.26. The van der Waals surface area contributed by atoms with Crippen molar-refractivity contribution < 1.29 is 13.9 Å². The highest BCUT2D eigenvalue weighted by molar-refractivity contribution is 5.92. The van der Waals surface area contributed by atoms with E-state index in [1.165, 1.54) is 6.07 Å². The molecular weight excluding hydrogens is 397 g/mol. The summed E-state index contributed by atoms with van der Waals surface area (Å²) in [5.41, 5.74) is 4.81. The van der Waals surface area contributed by atoms with E-state index in [9.17, 15) is 9.18 Å². The lowest BCUT2D eigenvalue weighted by molar-refractivity contribution is 0.0924. The van der Waals surface area contributed by atoms with Crippen molar-refractivity contribution in [1.82, 2.24) is 25.1 Å². The molecule has 4 rings (SSSR count). The number of benzene rings is 1. The molecule has 0 fully saturated rings. The van der Waals surface area contributed by atoms with Crippen LogP contribution in [0.1, 0.15) is 46.5 Å². The molecule has 1 amide bonds. The van der Waals surface area contributed by atoms with Gasteiger partial charge in [0.1, 0.15) is 23.4 Å². The third kappa shape index (κ3) is 4.15. The van der Waals surface area contributed by atoms with Crippen molar-refractivity contribution in [2.45, 2.75) is 46.1 Å². The Bertz CT molecular complexity index is 1140. The fourth-order valence-corrected chi connectivity index (χ4v) is 3.87. The molecule has 3 heterocycles. The first-order chi connectivity index (χ1) is 14.9. The van der Waals surface area contributed by atoms with Crippen molar-refractivity contribution in [3.63, 3.8) is 0 Å². The van der Waals surface area contributed by atoms with E-state index in [0.717, 1.165) is 35.5 Å². The van der Waals surface area contributed by atoms with Crippen LogP contribution in [0.25, 0.3) is 11.3 Å². The number of hydrogen-bond donors (Lipinski definition) is 1. The van der Waals surface area contributed by atoms with E-state index in [4.69, 9.17) is 4.74 Å². The van der Waals surface area contributed by atoms with Gasteiger partial charge in [0, 0.05) is 30.8 Å². The van der Waals surface area contributed by atoms with Crippen molar-refractivity contribution in [2.75, 3.05) is 6.54 Å². The fourth-order valence-electron chi connectivity index (χ4n) is 3.87. The summed E-state index contributed by atoms with van der Waals surface area (Å²) >= 11 is 0. The SMILES string of the molecule is CCCc1cc(C(=O)NC[C@H]2Cc3c(F)ccc(-c4nc(C)cnc4C)c3O2)n(C)n1. The van der Waals surface area contributed by atoms with Crippen LogP contribution in [0, 0.1) is 19.7 Å². The second-order valence-electron chi connectivity index (χ2n) is 7.90. The van der Waals surface area contributed by atoms with Crippen LogP contribution in [-0.2, 0) is 19.9 Å². The Morgan fingerprint density at radius 1 is 1.35 bits per heavy atom. The molecule has 0 saturated heterocycles. The Morgan fingerprint density at radius 2 is 2.16 bits per heavy atom. The molecule has 1 N–H and O–H groups in total. The van der Waals surface area contributed by atoms with Crippen LogP contribution in [0.5, 0.6) is 5.75 Å². The number of aromatic nitrogens is 4. The van der Waals surface area contributed by atoms with E-state index in [1.807, 2.05) is 13.8 Å². The van der Waals surface area contributed by atoms with Crippen molar-refractivity contribution >= 4 is 5.91 Å². The smallest absolute Gasteiger partial charge is 0.269 e. The summed E-state index contributed by atoms with van der Waals surface area (Å²) in [4.78, 5) is 21.6. The maximum Gasteiger partial charge on any atom is 0.269 e. The van der Waals surface area contributed by atoms with Gasteiger partial charge in [0.25, 0.3) is 5.91 Å². The van der Waals surface area contributed by atoms with Crippen molar-refractivity contribution in [2.24, 2.45) is 7.05 Å². The Balaban J connectivity index is 1.51. The van der Waals surface area contributed by atoms with Gasteiger partial charge >= 0.3 is 0 Å². The second-order valence-corrected chi connectivity index (χ2v) is 7.90. The van der Waals surface area contributed by atoms with E-state index in [0.29, 0.717) is 29.1 Å². The number of nitrogens with one attached hydrogen (secondary N) is 1. The van der Waals surface area contributed by atoms with Crippen molar-refractivity contribution in [1.29, 1.82) is 0 Å². The molecule has 0 radical (unpaired) electrons. The maximum atomic E-state index is 14.5. The van der Waals surface area contributed by atoms with Crippen LogP contribution in [0.15, 0.2) is 24.4 Å². The molecule has 1 aliphatic heterocycles. The van der Waals surface area contributed by atoms with Crippen LogP contribution < -0.4 is 10.1 Å². The van der Waals surface area contributed by atoms with Crippen molar-refractivity contribution in [3.05, 3.63) is 58.6 Å². The minimum absolute atomic E-state index is 0.224. The molecule has 0 saturated carbocycles. The third-order valence-electron chi connectivity index (χ3n) is 5.41. The topological polar surface area (TPSA) is 81.9 Å². The lowest BCUT2D eigenvalue weighted by atomic mass is 10.0. The molecule has 1 aliphatic rings. The molecule has 31 heavy (non-hydrogen) atoms. The predicted octanol–water partition coefficient (Wildman–Crippen LogP) is 3.32. The zero-order valence-electron chi connectivity index (χ0n) is 18.2. The molecule has 2 aromatic heterocycles. The van der Waals surface area contributed by atoms with Crippen LogP contribution in [0.4, 0.5) is 4.39 Å². The summed E-state index contributed by atoms with van der Waals surface area (Å²) in [6.45, 7) is 6.06. The molecular formula is C23H26FN5O2.